The van der Waals surface area contributed by atoms with Gasteiger partial charge in [-0.3, -0.25) is 24.0 Å². The van der Waals surface area contributed by atoms with E-state index in [1.807, 2.05) is 0 Å². The van der Waals surface area contributed by atoms with Crippen molar-refractivity contribution in [3.63, 3.8) is 0 Å². The molecule has 0 aliphatic heterocycles. The molecule has 0 saturated heterocycles. The number of rotatable bonds is 14. The summed E-state index contributed by atoms with van der Waals surface area (Å²) in [6, 6.07) is -1.15. The summed E-state index contributed by atoms with van der Waals surface area (Å²) >= 11 is 0.889. The van der Waals surface area contributed by atoms with Crippen LogP contribution < -0.4 is 10.6 Å². The first kappa shape index (κ1) is 24.4. The van der Waals surface area contributed by atoms with E-state index >= 15 is 0 Å². The van der Waals surface area contributed by atoms with E-state index in [0.29, 0.717) is 0 Å². The van der Waals surface area contributed by atoms with Gasteiger partial charge in [0.15, 0.2) is 0 Å². The molecule has 2 amide bonds. The SMILES string of the molecule is CCOC(=O)C(=O)CSCC(NC(=O)CCCC(=O)O)C(=O)NCC(=O)O. The highest BCUT2D eigenvalue weighted by molar-refractivity contribution is 8.00. The van der Waals surface area contributed by atoms with Gasteiger partial charge in [0.05, 0.1) is 12.4 Å². The van der Waals surface area contributed by atoms with Gasteiger partial charge < -0.3 is 25.6 Å². The van der Waals surface area contributed by atoms with Gasteiger partial charge in [-0.1, -0.05) is 0 Å². The molecule has 0 aromatic rings. The third-order valence-electron chi connectivity index (χ3n) is 2.88. The minimum Gasteiger partial charge on any atom is -0.481 e. The van der Waals surface area contributed by atoms with Crippen LogP contribution in [0.1, 0.15) is 26.2 Å². The van der Waals surface area contributed by atoms with Crippen LogP contribution in [0.15, 0.2) is 0 Å². The number of thioether (sulfide) groups is 1. The van der Waals surface area contributed by atoms with Crippen LogP contribution in [-0.4, -0.2) is 76.4 Å². The van der Waals surface area contributed by atoms with Gasteiger partial charge in [0.25, 0.3) is 0 Å². The van der Waals surface area contributed by atoms with Gasteiger partial charge >= 0.3 is 17.9 Å². The van der Waals surface area contributed by atoms with Crippen LogP contribution >= 0.6 is 11.8 Å². The van der Waals surface area contributed by atoms with E-state index in [0.717, 1.165) is 11.8 Å². The van der Waals surface area contributed by atoms with Crippen molar-refractivity contribution in [1.29, 1.82) is 0 Å². The molecule has 1 unspecified atom stereocenters. The fourth-order valence-electron chi connectivity index (χ4n) is 1.68. The molecular weight excluding hydrogens is 384 g/mol. The Labute approximate surface area is 159 Å². The van der Waals surface area contributed by atoms with E-state index in [1.54, 1.807) is 6.92 Å². The number of hydrogen-bond donors (Lipinski definition) is 4. The largest absolute Gasteiger partial charge is 0.481 e. The van der Waals surface area contributed by atoms with Gasteiger partial charge in [-0.25, -0.2) is 4.79 Å². The zero-order chi connectivity index (χ0) is 20.8. The summed E-state index contributed by atoms with van der Waals surface area (Å²) in [5.41, 5.74) is 0. The van der Waals surface area contributed by atoms with Gasteiger partial charge in [0.2, 0.25) is 17.6 Å². The van der Waals surface area contributed by atoms with Crippen molar-refractivity contribution in [3.05, 3.63) is 0 Å². The van der Waals surface area contributed by atoms with E-state index in [1.165, 1.54) is 0 Å². The van der Waals surface area contributed by atoms with Crippen molar-refractivity contribution >= 4 is 47.3 Å². The second kappa shape index (κ2) is 13.6. The molecule has 27 heavy (non-hydrogen) atoms. The summed E-state index contributed by atoms with van der Waals surface area (Å²) in [5.74, 6) is -5.90. The number of esters is 1. The highest BCUT2D eigenvalue weighted by Crippen LogP contribution is 2.06. The second-order valence-electron chi connectivity index (χ2n) is 5.14. The average Bonchev–Trinajstić information content (AvgIpc) is 2.58. The number of carbonyl (C=O) groups excluding carboxylic acids is 4. The number of carboxylic acid groups (broad SMARTS) is 2. The van der Waals surface area contributed by atoms with E-state index < -0.39 is 48.1 Å². The normalized spacial score (nSPS) is 11.1. The van der Waals surface area contributed by atoms with Gasteiger partial charge in [0.1, 0.15) is 12.6 Å². The smallest absolute Gasteiger partial charge is 0.375 e. The van der Waals surface area contributed by atoms with Crippen molar-refractivity contribution < 1.29 is 43.7 Å². The molecule has 4 N–H and O–H groups in total. The van der Waals surface area contributed by atoms with Crippen LogP contribution in [0.25, 0.3) is 0 Å². The van der Waals surface area contributed by atoms with E-state index in [9.17, 15) is 28.8 Å². The lowest BCUT2D eigenvalue weighted by Crippen LogP contribution is -2.49. The number of carbonyl (C=O) groups is 6. The predicted octanol–water partition coefficient (Wildman–Crippen LogP) is -1.21. The first-order chi connectivity index (χ1) is 12.7. The Hall–Kier alpha value is -2.63. The van der Waals surface area contributed by atoms with Crippen molar-refractivity contribution in [2.75, 3.05) is 24.7 Å². The fourth-order valence-corrected chi connectivity index (χ4v) is 2.57. The number of nitrogens with one attached hydrogen (secondary N) is 2. The lowest BCUT2D eigenvalue weighted by atomic mass is 10.2. The third-order valence-corrected chi connectivity index (χ3v) is 3.92. The molecule has 0 aliphatic carbocycles. The van der Waals surface area contributed by atoms with Crippen LogP contribution in [0.5, 0.6) is 0 Å². The summed E-state index contributed by atoms with van der Waals surface area (Å²) in [4.78, 5) is 67.5. The number of ketones is 1. The maximum atomic E-state index is 12.0. The second-order valence-corrected chi connectivity index (χ2v) is 6.17. The van der Waals surface area contributed by atoms with E-state index in [-0.39, 0.29) is 37.4 Å². The molecule has 0 aromatic carbocycles. The molecule has 0 heterocycles. The Balaban J connectivity index is 4.63. The highest BCUT2D eigenvalue weighted by Gasteiger charge is 2.23. The molecule has 0 rings (SSSR count). The fraction of sp³-hybridized carbons (Fsp3) is 0.600. The number of amides is 2. The predicted molar refractivity (Wildman–Crippen MR) is 93.0 cm³/mol. The van der Waals surface area contributed by atoms with Gasteiger partial charge in [0, 0.05) is 18.6 Å². The molecule has 0 bridgehead atoms. The molecule has 12 heteroatoms. The number of Topliss-reactive ketones (excluding diaryl/α,β-unsaturated/α-hetero) is 1. The Bertz CT molecular complexity index is 580. The lowest BCUT2D eigenvalue weighted by molar-refractivity contribution is -0.152. The van der Waals surface area contributed by atoms with Gasteiger partial charge in [-0.15, -0.1) is 0 Å². The molecule has 0 aromatic heterocycles. The minimum atomic E-state index is -1.28. The summed E-state index contributed by atoms with van der Waals surface area (Å²) in [7, 11) is 0. The number of carboxylic acids is 2. The van der Waals surface area contributed by atoms with Crippen LogP contribution in [0.2, 0.25) is 0 Å². The summed E-state index contributed by atoms with van der Waals surface area (Å²) in [6.07, 6.45) is -0.285. The number of hydrogen-bond acceptors (Lipinski definition) is 8. The molecule has 0 spiro atoms. The maximum absolute atomic E-state index is 12.0. The zero-order valence-corrected chi connectivity index (χ0v) is 15.5. The first-order valence-corrected chi connectivity index (χ1v) is 9.11. The average molecular weight is 406 g/mol. The molecule has 0 saturated carbocycles. The van der Waals surface area contributed by atoms with Crippen molar-refractivity contribution in [3.8, 4) is 0 Å². The molecular formula is C15H22N2O9S. The van der Waals surface area contributed by atoms with Gasteiger partial charge in [-0.05, 0) is 13.3 Å². The zero-order valence-electron chi connectivity index (χ0n) is 14.7. The Morgan fingerprint density at radius 3 is 2.26 bits per heavy atom. The topological polar surface area (TPSA) is 176 Å². The molecule has 11 nitrogen and oxygen atoms in total. The van der Waals surface area contributed by atoms with Crippen LogP contribution in [0.4, 0.5) is 0 Å². The molecule has 0 fully saturated rings. The summed E-state index contributed by atoms with van der Waals surface area (Å²) in [6.45, 7) is 0.930. The molecule has 0 radical (unpaired) electrons. The van der Waals surface area contributed by atoms with Crippen LogP contribution in [-0.2, 0) is 33.5 Å². The van der Waals surface area contributed by atoms with Gasteiger partial charge in [-0.2, -0.15) is 11.8 Å². The van der Waals surface area contributed by atoms with Crippen LogP contribution in [0.3, 0.4) is 0 Å². The molecule has 0 aliphatic rings. The van der Waals surface area contributed by atoms with Crippen molar-refractivity contribution in [1.82, 2.24) is 10.6 Å². The van der Waals surface area contributed by atoms with Crippen LogP contribution in [0, 0.1) is 0 Å². The number of ether oxygens (including phenoxy) is 1. The minimum absolute atomic E-state index is 0.0435. The summed E-state index contributed by atoms with van der Waals surface area (Å²) in [5, 5.41) is 21.6. The summed E-state index contributed by atoms with van der Waals surface area (Å²) < 4.78 is 4.54. The maximum Gasteiger partial charge on any atom is 0.375 e. The first-order valence-electron chi connectivity index (χ1n) is 7.95. The molecule has 1 atom stereocenters. The number of aliphatic carboxylic acids is 2. The lowest BCUT2D eigenvalue weighted by Gasteiger charge is -2.17. The highest BCUT2D eigenvalue weighted by atomic mass is 32.2. The van der Waals surface area contributed by atoms with Crippen molar-refractivity contribution in [2.24, 2.45) is 0 Å². The monoisotopic (exact) mass is 406 g/mol. The third kappa shape index (κ3) is 12.4. The molecule has 152 valence electrons. The Kier molecular flexibility index (Phi) is 12.2. The van der Waals surface area contributed by atoms with E-state index in [4.69, 9.17) is 10.2 Å². The standard InChI is InChI=1S/C15H22N2O9S/c1-2-26-15(25)10(18)8-27-7-9(14(24)16-6-13(22)23)17-11(19)4-3-5-12(20)21/h9H,2-8H2,1H3,(H,16,24)(H,17,19)(H,20,21)(H,22,23). The Morgan fingerprint density at radius 1 is 1.04 bits per heavy atom. The van der Waals surface area contributed by atoms with E-state index in [2.05, 4.69) is 15.4 Å². The quantitative estimate of drug-likeness (QED) is 0.202. The Morgan fingerprint density at radius 2 is 1.70 bits per heavy atom. The van der Waals surface area contributed by atoms with Crippen molar-refractivity contribution in [2.45, 2.75) is 32.2 Å².